The molecule has 0 aliphatic heterocycles. The van der Waals surface area contributed by atoms with Gasteiger partial charge in [0.2, 0.25) is 0 Å². The van der Waals surface area contributed by atoms with Crippen molar-refractivity contribution in [2.45, 2.75) is 4.90 Å². The fourth-order valence-corrected chi connectivity index (χ4v) is 3.49. The van der Waals surface area contributed by atoms with E-state index in [2.05, 4.69) is 0 Å². The molecule has 0 heterocycles. The molecule has 0 saturated heterocycles. The fraction of sp³-hybridized carbons (Fsp3) is 0.0714. The van der Waals surface area contributed by atoms with Gasteiger partial charge < -0.3 is 5.11 Å². The molecule has 5 nitrogen and oxygen atoms in total. The monoisotopic (exact) mass is 361 g/mol. The van der Waals surface area contributed by atoms with E-state index in [1.54, 1.807) is 0 Å². The third kappa shape index (κ3) is 3.27. The van der Waals surface area contributed by atoms with Gasteiger partial charge in [-0.1, -0.05) is 11.6 Å². The van der Waals surface area contributed by atoms with Crippen molar-refractivity contribution >= 4 is 33.3 Å². The summed E-state index contributed by atoms with van der Waals surface area (Å²) in [6.45, 7) is 0. The van der Waals surface area contributed by atoms with Gasteiger partial charge in [-0.3, -0.25) is 4.31 Å². The third-order valence-corrected chi connectivity index (χ3v) is 5.35. The maximum Gasteiger partial charge on any atom is 0.335 e. The molecule has 0 saturated carbocycles. The minimum atomic E-state index is -4.26. The Balaban J connectivity index is 2.55. The molecule has 0 amide bonds. The number of sulfonamides is 1. The van der Waals surface area contributed by atoms with Crippen LogP contribution in [0.2, 0.25) is 5.02 Å². The molecule has 0 spiro atoms. The van der Waals surface area contributed by atoms with E-state index in [4.69, 9.17) is 16.7 Å². The van der Waals surface area contributed by atoms with E-state index in [0.717, 1.165) is 37.4 Å². The number of carboxylic acids is 1. The Kier molecular flexibility index (Phi) is 4.58. The maximum absolute atomic E-state index is 13.3. The Hall–Kier alpha value is -2.19. The zero-order valence-electron chi connectivity index (χ0n) is 11.6. The number of nitrogens with zero attached hydrogens (tertiary/aromatic N) is 1. The molecule has 0 radical (unpaired) electrons. The number of aromatic carboxylic acids is 1. The average molecular weight is 362 g/mol. The molecule has 0 unspecified atom stereocenters. The van der Waals surface area contributed by atoms with Crippen LogP contribution in [0.3, 0.4) is 0 Å². The van der Waals surface area contributed by atoms with Crippen LogP contribution in [0.15, 0.2) is 41.3 Å². The molecule has 0 atom stereocenters. The van der Waals surface area contributed by atoms with Gasteiger partial charge in [0.25, 0.3) is 10.0 Å². The zero-order chi connectivity index (χ0) is 17.4. The van der Waals surface area contributed by atoms with Gasteiger partial charge in [-0.15, -0.1) is 0 Å². The highest BCUT2D eigenvalue weighted by Crippen LogP contribution is 2.29. The van der Waals surface area contributed by atoms with Crippen molar-refractivity contribution < 1.29 is 27.1 Å². The Morgan fingerprint density at radius 1 is 1.13 bits per heavy atom. The minimum Gasteiger partial charge on any atom is -0.478 e. The number of hydrogen-bond donors (Lipinski definition) is 1. The van der Waals surface area contributed by atoms with Gasteiger partial charge in [0, 0.05) is 13.1 Å². The molecule has 2 aromatic rings. The Labute approximate surface area is 135 Å². The second kappa shape index (κ2) is 6.13. The van der Waals surface area contributed by atoms with Gasteiger partial charge in [-0.2, -0.15) is 0 Å². The molecule has 0 aliphatic carbocycles. The number of hydrogen-bond acceptors (Lipinski definition) is 3. The van der Waals surface area contributed by atoms with Gasteiger partial charge >= 0.3 is 5.97 Å². The van der Waals surface area contributed by atoms with E-state index in [1.807, 2.05) is 0 Å². The maximum atomic E-state index is 13.3. The van der Waals surface area contributed by atoms with E-state index in [9.17, 15) is 22.0 Å². The first kappa shape index (κ1) is 17.2. The lowest BCUT2D eigenvalue weighted by atomic mass is 10.2. The van der Waals surface area contributed by atoms with Crippen molar-refractivity contribution in [1.29, 1.82) is 0 Å². The van der Waals surface area contributed by atoms with Gasteiger partial charge in [-0.05, 0) is 30.3 Å². The molecule has 2 rings (SSSR count). The number of rotatable bonds is 4. The van der Waals surface area contributed by atoms with Crippen LogP contribution in [0.25, 0.3) is 0 Å². The molecular formula is C14H10ClF2NO4S. The second-order valence-electron chi connectivity index (χ2n) is 4.52. The van der Waals surface area contributed by atoms with Crippen molar-refractivity contribution in [2.75, 3.05) is 11.4 Å². The van der Waals surface area contributed by atoms with Crippen LogP contribution >= 0.6 is 11.6 Å². The smallest absolute Gasteiger partial charge is 0.335 e. The van der Waals surface area contributed by atoms with Crippen molar-refractivity contribution in [2.24, 2.45) is 0 Å². The lowest BCUT2D eigenvalue weighted by Crippen LogP contribution is -2.27. The number of carboxylic acid groups (broad SMARTS) is 1. The lowest BCUT2D eigenvalue weighted by molar-refractivity contribution is 0.0696. The number of benzene rings is 2. The summed E-state index contributed by atoms with van der Waals surface area (Å²) < 4.78 is 52.0. The molecule has 0 aromatic heterocycles. The van der Waals surface area contributed by atoms with Crippen LogP contribution in [0, 0.1) is 11.6 Å². The predicted octanol–water partition coefficient (Wildman–Crippen LogP) is 3.14. The molecule has 2 aromatic carbocycles. The van der Waals surface area contributed by atoms with E-state index < -0.39 is 32.5 Å². The molecule has 23 heavy (non-hydrogen) atoms. The average Bonchev–Trinajstić information content (AvgIpc) is 2.49. The highest BCUT2D eigenvalue weighted by molar-refractivity contribution is 7.93. The summed E-state index contributed by atoms with van der Waals surface area (Å²) in [5.74, 6) is -3.66. The van der Waals surface area contributed by atoms with Gasteiger partial charge in [0.05, 0.1) is 16.3 Å². The predicted molar refractivity (Wildman–Crippen MR) is 80.4 cm³/mol. The summed E-state index contributed by atoms with van der Waals surface area (Å²) in [5.41, 5.74) is -0.410. The summed E-state index contributed by atoms with van der Waals surface area (Å²) in [5, 5.41) is 8.76. The quantitative estimate of drug-likeness (QED) is 0.907. The topological polar surface area (TPSA) is 74.7 Å². The molecule has 1 N–H and O–H groups in total. The van der Waals surface area contributed by atoms with Crippen molar-refractivity contribution in [3.05, 3.63) is 58.6 Å². The number of anilines is 1. The molecule has 0 fully saturated rings. The highest BCUT2D eigenvalue weighted by Gasteiger charge is 2.26. The molecular weight excluding hydrogens is 352 g/mol. The van der Waals surface area contributed by atoms with Crippen LogP contribution in [0.5, 0.6) is 0 Å². The Morgan fingerprint density at radius 3 is 2.35 bits per heavy atom. The first-order valence-electron chi connectivity index (χ1n) is 6.11. The normalized spacial score (nSPS) is 11.3. The van der Waals surface area contributed by atoms with Crippen LogP contribution in [0.4, 0.5) is 14.5 Å². The Morgan fingerprint density at radius 2 is 1.78 bits per heavy atom. The van der Waals surface area contributed by atoms with E-state index in [0.29, 0.717) is 10.4 Å². The molecule has 0 bridgehead atoms. The van der Waals surface area contributed by atoms with Gasteiger partial charge in [0.15, 0.2) is 11.6 Å². The largest absolute Gasteiger partial charge is 0.478 e. The van der Waals surface area contributed by atoms with Crippen molar-refractivity contribution in [3.8, 4) is 0 Å². The third-order valence-electron chi connectivity index (χ3n) is 3.08. The van der Waals surface area contributed by atoms with Gasteiger partial charge in [0.1, 0.15) is 4.90 Å². The summed E-state index contributed by atoms with van der Waals surface area (Å²) >= 11 is 5.84. The van der Waals surface area contributed by atoms with Crippen LogP contribution in [-0.4, -0.2) is 26.5 Å². The van der Waals surface area contributed by atoms with E-state index >= 15 is 0 Å². The fourth-order valence-electron chi connectivity index (χ4n) is 1.80. The minimum absolute atomic E-state index is 0.138. The summed E-state index contributed by atoms with van der Waals surface area (Å²) in [4.78, 5) is 10.5. The molecule has 9 heteroatoms. The summed E-state index contributed by atoms with van der Waals surface area (Å²) in [6.07, 6.45) is 0. The number of halogens is 3. The van der Waals surface area contributed by atoms with E-state index in [-0.39, 0.29) is 16.3 Å². The van der Waals surface area contributed by atoms with Crippen LogP contribution < -0.4 is 4.31 Å². The summed E-state index contributed by atoms with van der Waals surface area (Å²) in [7, 11) is -3.14. The summed E-state index contributed by atoms with van der Waals surface area (Å²) in [6, 6.07) is 5.76. The lowest BCUT2D eigenvalue weighted by Gasteiger charge is -2.20. The van der Waals surface area contributed by atoms with Gasteiger partial charge in [-0.25, -0.2) is 22.0 Å². The van der Waals surface area contributed by atoms with Crippen LogP contribution in [0.1, 0.15) is 10.4 Å². The standard InChI is InChI=1S/C14H10ClF2NO4S/c1-18(9-3-5-11(16)12(17)7-9)23(21,22)13-6-8(14(19)20)2-4-10(13)15/h2-7H,1H3,(H,19,20). The van der Waals surface area contributed by atoms with E-state index in [1.165, 1.54) is 0 Å². The Bertz CT molecular complexity index is 886. The van der Waals surface area contributed by atoms with Crippen molar-refractivity contribution in [1.82, 2.24) is 0 Å². The van der Waals surface area contributed by atoms with Crippen LogP contribution in [-0.2, 0) is 10.0 Å². The first-order chi connectivity index (χ1) is 10.6. The molecule has 122 valence electrons. The zero-order valence-corrected chi connectivity index (χ0v) is 13.2. The number of carbonyl (C=O) groups is 1. The van der Waals surface area contributed by atoms with Crippen molar-refractivity contribution in [3.63, 3.8) is 0 Å². The first-order valence-corrected chi connectivity index (χ1v) is 7.93. The second-order valence-corrected chi connectivity index (χ2v) is 6.87. The molecule has 0 aliphatic rings. The SMILES string of the molecule is CN(c1ccc(F)c(F)c1)S(=O)(=O)c1cc(C(=O)O)ccc1Cl. The highest BCUT2D eigenvalue weighted by atomic mass is 35.5.